The number of hydrogen-bond donors (Lipinski definition) is 0. The molecule has 182 valence electrons. The molecular formula is C23H27F3N6O2. The first-order valence-corrected chi connectivity index (χ1v) is 11.2. The Labute approximate surface area is 195 Å². The van der Waals surface area contributed by atoms with Crippen LogP contribution < -0.4 is 9.64 Å². The Kier molecular flexibility index (Phi) is 6.90. The molecule has 0 radical (unpaired) electrons. The monoisotopic (exact) mass is 476 g/mol. The first kappa shape index (κ1) is 23.8. The number of benzene rings is 1. The second-order valence-electron chi connectivity index (χ2n) is 8.47. The summed E-state index contributed by atoms with van der Waals surface area (Å²) in [5.41, 5.74) is 1.11. The van der Waals surface area contributed by atoms with E-state index in [-0.39, 0.29) is 17.5 Å². The van der Waals surface area contributed by atoms with Gasteiger partial charge in [-0.2, -0.15) is 17.7 Å². The second-order valence-corrected chi connectivity index (χ2v) is 8.47. The summed E-state index contributed by atoms with van der Waals surface area (Å²) in [7, 11) is 1.79. The van der Waals surface area contributed by atoms with E-state index in [0.717, 1.165) is 22.2 Å². The van der Waals surface area contributed by atoms with Crippen molar-refractivity contribution in [2.45, 2.75) is 32.4 Å². The number of aromatic nitrogens is 4. The highest BCUT2D eigenvalue weighted by atomic mass is 19.4. The van der Waals surface area contributed by atoms with Gasteiger partial charge in [-0.25, -0.2) is 0 Å². The van der Waals surface area contributed by atoms with Crippen molar-refractivity contribution in [3.63, 3.8) is 0 Å². The van der Waals surface area contributed by atoms with Crippen LogP contribution >= 0.6 is 0 Å². The third-order valence-electron chi connectivity index (χ3n) is 6.04. The number of halogens is 3. The van der Waals surface area contributed by atoms with Crippen LogP contribution in [0.1, 0.15) is 30.7 Å². The predicted molar refractivity (Wildman–Crippen MR) is 120 cm³/mol. The van der Waals surface area contributed by atoms with E-state index >= 15 is 0 Å². The van der Waals surface area contributed by atoms with Gasteiger partial charge < -0.3 is 14.5 Å². The van der Waals surface area contributed by atoms with Crippen molar-refractivity contribution in [2.75, 3.05) is 38.2 Å². The fourth-order valence-corrected chi connectivity index (χ4v) is 4.10. The van der Waals surface area contributed by atoms with Crippen molar-refractivity contribution in [3.8, 4) is 5.75 Å². The number of anilines is 1. The first-order chi connectivity index (χ1) is 16.2. The van der Waals surface area contributed by atoms with Crippen molar-refractivity contribution >= 4 is 17.4 Å². The number of aryl methyl sites for hydroxylation is 1. The van der Waals surface area contributed by atoms with Crippen molar-refractivity contribution in [2.24, 2.45) is 5.92 Å². The average molecular weight is 477 g/mol. The SMILES string of the molecule is Cc1ccccc1OCCCN(C)C(=O)C1CCN(c2ccc3nnc(C(F)(F)F)n3n2)CC1. The maximum atomic E-state index is 13.1. The summed E-state index contributed by atoms with van der Waals surface area (Å²) in [5.74, 6) is 0.0670. The maximum absolute atomic E-state index is 13.1. The number of nitrogens with zero attached hydrogens (tertiary/aromatic N) is 6. The van der Waals surface area contributed by atoms with Crippen LogP contribution in [-0.2, 0) is 11.0 Å². The van der Waals surface area contributed by atoms with Gasteiger partial charge in [-0.05, 0) is 49.9 Å². The number of piperidine rings is 1. The molecule has 1 aromatic carbocycles. The highest BCUT2D eigenvalue weighted by Gasteiger charge is 2.38. The molecule has 0 saturated carbocycles. The topological polar surface area (TPSA) is 75.9 Å². The molecule has 3 heterocycles. The number of alkyl halides is 3. The van der Waals surface area contributed by atoms with E-state index in [1.165, 1.54) is 6.07 Å². The van der Waals surface area contributed by atoms with E-state index in [0.29, 0.717) is 44.9 Å². The van der Waals surface area contributed by atoms with Crippen LogP contribution in [0.5, 0.6) is 5.75 Å². The molecule has 0 unspecified atom stereocenters. The smallest absolute Gasteiger partial charge is 0.453 e. The summed E-state index contributed by atoms with van der Waals surface area (Å²) in [5, 5.41) is 10.8. The Morgan fingerprint density at radius 1 is 1.15 bits per heavy atom. The number of carbonyl (C=O) groups excluding carboxylic acids is 1. The number of hydrogen-bond acceptors (Lipinski definition) is 6. The lowest BCUT2D eigenvalue weighted by molar-refractivity contribution is -0.146. The van der Waals surface area contributed by atoms with Crippen LogP contribution in [0.25, 0.3) is 5.65 Å². The fraction of sp³-hybridized carbons (Fsp3) is 0.478. The van der Waals surface area contributed by atoms with Gasteiger partial charge in [0.15, 0.2) is 5.65 Å². The summed E-state index contributed by atoms with van der Waals surface area (Å²) < 4.78 is 45.9. The largest absolute Gasteiger partial charge is 0.493 e. The van der Waals surface area contributed by atoms with Crippen molar-refractivity contribution in [3.05, 3.63) is 47.8 Å². The Morgan fingerprint density at radius 3 is 2.59 bits per heavy atom. The van der Waals surface area contributed by atoms with Gasteiger partial charge in [-0.3, -0.25) is 4.79 Å². The minimum atomic E-state index is -4.64. The molecule has 11 heteroatoms. The molecule has 0 spiro atoms. The van der Waals surface area contributed by atoms with Gasteiger partial charge in [0.25, 0.3) is 5.82 Å². The normalized spacial score (nSPS) is 15.0. The zero-order valence-electron chi connectivity index (χ0n) is 19.1. The number of amides is 1. The molecule has 1 amide bonds. The van der Waals surface area contributed by atoms with Gasteiger partial charge in [0.05, 0.1) is 6.61 Å². The minimum Gasteiger partial charge on any atom is -0.493 e. The third kappa shape index (κ3) is 5.23. The molecule has 4 rings (SSSR count). The predicted octanol–water partition coefficient (Wildman–Crippen LogP) is 3.60. The summed E-state index contributed by atoms with van der Waals surface area (Å²) in [6.45, 7) is 4.17. The van der Waals surface area contributed by atoms with Crippen molar-refractivity contribution in [1.29, 1.82) is 0 Å². The quantitative estimate of drug-likeness (QED) is 0.485. The molecule has 2 aromatic heterocycles. The Balaban J connectivity index is 1.27. The van der Waals surface area contributed by atoms with E-state index in [2.05, 4.69) is 15.3 Å². The standard InChI is InChI=1S/C23H27F3N6O2/c1-16-6-3-4-7-18(16)34-15-5-12-30(2)21(33)17-10-13-31(14-11-17)20-9-8-19-27-28-22(23(24,25)26)32(19)29-20/h3-4,6-9,17H,5,10-15H2,1-2H3. The van der Waals surface area contributed by atoms with Crippen LogP contribution in [0, 0.1) is 12.8 Å². The van der Waals surface area contributed by atoms with E-state index < -0.39 is 12.0 Å². The molecule has 0 aliphatic carbocycles. The van der Waals surface area contributed by atoms with E-state index in [1.807, 2.05) is 36.1 Å². The van der Waals surface area contributed by atoms with E-state index in [1.54, 1.807) is 18.0 Å². The molecule has 0 N–H and O–H groups in total. The van der Waals surface area contributed by atoms with Gasteiger partial charge >= 0.3 is 6.18 Å². The Hall–Kier alpha value is -3.37. The van der Waals surface area contributed by atoms with Crippen LogP contribution in [0.15, 0.2) is 36.4 Å². The summed E-state index contributed by atoms with van der Waals surface area (Å²) in [6, 6.07) is 10.9. The third-order valence-corrected chi connectivity index (χ3v) is 6.04. The van der Waals surface area contributed by atoms with Gasteiger partial charge in [-0.1, -0.05) is 18.2 Å². The first-order valence-electron chi connectivity index (χ1n) is 11.2. The fourth-order valence-electron chi connectivity index (χ4n) is 4.10. The van der Waals surface area contributed by atoms with Crippen LogP contribution in [0.3, 0.4) is 0 Å². The zero-order valence-corrected chi connectivity index (χ0v) is 19.1. The lowest BCUT2D eigenvalue weighted by Crippen LogP contribution is -2.42. The molecular weight excluding hydrogens is 449 g/mol. The van der Waals surface area contributed by atoms with Crippen LogP contribution in [0.2, 0.25) is 0 Å². The summed E-state index contributed by atoms with van der Waals surface area (Å²) >= 11 is 0. The molecule has 0 atom stereocenters. The van der Waals surface area contributed by atoms with Gasteiger partial charge in [0.1, 0.15) is 11.6 Å². The Morgan fingerprint density at radius 2 is 1.88 bits per heavy atom. The van der Waals surface area contributed by atoms with Crippen molar-refractivity contribution in [1.82, 2.24) is 24.7 Å². The molecule has 1 fully saturated rings. The minimum absolute atomic E-state index is 0.0363. The molecule has 8 nitrogen and oxygen atoms in total. The molecule has 0 bridgehead atoms. The number of para-hydroxylation sites is 1. The summed E-state index contributed by atoms with van der Waals surface area (Å²) in [4.78, 5) is 16.5. The number of rotatable bonds is 7. The van der Waals surface area contributed by atoms with E-state index in [4.69, 9.17) is 4.74 Å². The zero-order chi connectivity index (χ0) is 24.3. The molecule has 1 aliphatic rings. The summed E-state index contributed by atoms with van der Waals surface area (Å²) in [6.07, 6.45) is -2.70. The maximum Gasteiger partial charge on any atom is 0.453 e. The van der Waals surface area contributed by atoms with Crippen LogP contribution in [-0.4, -0.2) is 63.9 Å². The number of carbonyl (C=O) groups is 1. The van der Waals surface area contributed by atoms with Gasteiger partial charge in [-0.15, -0.1) is 15.3 Å². The Bertz CT molecular complexity index is 1140. The highest BCUT2D eigenvalue weighted by Crippen LogP contribution is 2.29. The van der Waals surface area contributed by atoms with Crippen molar-refractivity contribution < 1.29 is 22.7 Å². The molecule has 34 heavy (non-hydrogen) atoms. The van der Waals surface area contributed by atoms with E-state index in [9.17, 15) is 18.0 Å². The average Bonchev–Trinajstić information content (AvgIpc) is 3.26. The molecule has 1 saturated heterocycles. The lowest BCUT2D eigenvalue weighted by atomic mass is 9.95. The second kappa shape index (κ2) is 9.86. The lowest BCUT2D eigenvalue weighted by Gasteiger charge is -2.33. The molecule has 3 aromatic rings. The van der Waals surface area contributed by atoms with Gasteiger partial charge in [0.2, 0.25) is 5.91 Å². The van der Waals surface area contributed by atoms with Crippen LogP contribution in [0.4, 0.5) is 19.0 Å². The number of fused-ring (bicyclic) bond motifs is 1. The van der Waals surface area contributed by atoms with Gasteiger partial charge in [0, 0.05) is 32.6 Å². The highest BCUT2D eigenvalue weighted by molar-refractivity contribution is 5.78. The number of ether oxygens (including phenoxy) is 1. The molecule has 1 aliphatic heterocycles.